The van der Waals surface area contributed by atoms with Crippen LogP contribution in [0.5, 0.6) is 11.5 Å². The molecule has 49 heavy (non-hydrogen) atoms. The second-order valence-electron chi connectivity index (χ2n) is 18.0. The lowest BCUT2D eigenvalue weighted by Crippen LogP contribution is -2.14. The maximum absolute atomic E-state index is 10.8. The molecule has 2 N–H and O–H groups in total. The Balaban J connectivity index is 0.000000214. The molecule has 3 heteroatoms. The zero-order valence-corrected chi connectivity index (χ0v) is 34.1. The van der Waals surface area contributed by atoms with Gasteiger partial charge in [0.1, 0.15) is 11.5 Å². The summed E-state index contributed by atoms with van der Waals surface area (Å²) in [6, 6.07) is 8.89. The Labute approximate surface area is 309 Å². The number of phenols is 2. The summed E-state index contributed by atoms with van der Waals surface area (Å²) in [4.78, 5) is 0. The molecular weight excluding hydrogens is 617 g/mol. The van der Waals surface area contributed by atoms with E-state index in [1.165, 1.54) is 138 Å². The number of hydrogen-bond acceptors (Lipinski definition) is 3. The smallest absolute Gasteiger partial charge is 0.123 e. The molecule has 0 heterocycles. The van der Waals surface area contributed by atoms with Crippen molar-refractivity contribution in [1.29, 1.82) is 0 Å². The standard InChI is InChI=1S/C20H32O.C17H26OS.C9H18/c1-5-6-10-16-13-17(20(2,3)4)14-18(19(16)21)15-11-8-7-9-12-15;1-17(2,3)14-9-13(11-19)16(18)15(10-14)12-7-5-4-6-8-12;1-9-7-5-3-2-4-6-8-9/h13-15,21H,5-12H2,1-4H3;9-10,12,18-19H,4-8,11H2,1-3H3;9H,2-8H2,1H3. The molecule has 3 aliphatic rings. The average molecular weight is 693 g/mol. The van der Waals surface area contributed by atoms with Gasteiger partial charge in [-0.3, -0.25) is 0 Å². The Morgan fingerprint density at radius 2 is 0.939 bits per heavy atom. The van der Waals surface area contributed by atoms with Crippen molar-refractivity contribution in [3.8, 4) is 11.5 Å². The second kappa shape index (κ2) is 20.4. The van der Waals surface area contributed by atoms with Crippen LogP contribution in [0.1, 0.15) is 223 Å². The number of hydrogen-bond donors (Lipinski definition) is 3. The number of aryl methyl sites for hydroxylation is 1. The Morgan fingerprint density at radius 1 is 0.571 bits per heavy atom. The summed E-state index contributed by atoms with van der Waals surface area (Å²) >= 11 is 4.37. The molecule has 0 saturated heterocycles. The highest BCUT2D eigenvalue weighted by Crippen LogP contribution is 2.43. The van der Waals surface area contributed by atoms with Gasteiger partial charge in [0.15, 0.2) is 0 Å². The third-order valence-corrected chi connectivity index (χ3v) is 12.0. The van der Waals surface area contributed by atoms with Crippen molar-refractivity contribution in [2.24, 2.45) is 5.92 Å². The van der Waals surface area contributed by atoms with Crippen molar-refractivity contribution in [3.63, 3.8) is 0 Å². The fourth-order valence-corrected chi connectivity index (χ4v) is 8.33. The fourth-order valence-electron chi connectivity index (χ4n) is 8.09. The third-order valence-electron chi connectivity index (χ3n) is 11.6. The van der Waals surface area contributed by atoms with Crippen LogP contribution in [-0.2, 0) is 23.0 Å². The molecule has 3 fully saturated rings. The predicted molar refractivity (Wildman–Crippen MR) is 218 cm³/mol. The molecule has 0 aromatic heterocycles. The van der Waals surface area contributed by atoms with Gasteiger partial charge in [0.05, 0.1) is 0 Å². The maximum atomic E-state index is 10.8. The zero-order chi connectivity index (χ0) is 36.0. The van der Waals surface area contributed by atoms with E-state index in [1.807, 2.05) is 0 Å². The van der Waals surface area contributed by atoms with Crippen LogP contribution in [0.3, 0.4) is 0 Å². The van der Waals surface area contributed by atoms with Crippen molar-refractivity contribution in [3.05, 3.63) is 57.6 Å². The summed E-state index contributed by atoms with van der Waals surface area (Å²) in [6.07, 6.45) is 26.6. The fraction of sp³-hybridized carbons (Fsp3) is 0.739. The summed E-state index contributed by atoms with van der Waals surface area (Å²) in [5, 5.41) is 21.2. The van der Waals surface area contributed by atoms with Crippen molar-refractivity contribution in [2.45, 2.75) is 212 Å². The predicted octanol–water partition coefficient (Wildman–Crippen LogP) is 14.6. The summed E-state index contributed by atoms with van der Waals surface area (Å²) < 4.78 is 0. The number of aromatic hydroxyl groups is 2. The molecule has 3 saturated carbocycles. The minimum Gasteiger partial charge on any atom is -0.507 e. The van der Waals surface area contributed by atoms with Crippen LogP contribution in [0.2, 0.25) is 0 Å². The SMILES string of the molecule is CC(C)(C)c1cc(CS)c(O)c(C2CCCCC2)c1.CC1CCCCCCC1.CCCCc1cc(C(C)(C)C)cc(C2CCCCC2)c1O. The first-order valence-corrected chi connectivity index (χ1v) is 21.2. The van der Waals surface area contributed by atoms with Gasteiger partial charge in [-0.15, -0.1) is 0 Å². The lowest BCUT2D eigenvalue weighted by molar-refractivity contribution is 0.404. The summed E-state index contributed by atoms with van der Waals surface area (Å²) in [5.41, 5.74) is 7.51. The highest BCUT2D eigenvalue weighted by atomic mass is 32.1. The molecule has 2 aromatic carbocycles. The summed E-state index contributed by atoms with van der Waals surface area (Å²) in [5.74, 6) is 3.83. The Bertz CT molecular complexity index is 1230. The summed E-state index contributed by atoms with van der Waals surface area (Å²) in [6.45, 7) is 18.1. The van der Waals surface area contributed by atoms with Gasteiger partial charge < -0.3 is 10.2 Å². The monoisotopic (exact) mass is 693 g/mol. The Kier molecular flexibility index (Phi) is 17.4. The minimum atomic E-state index is 0.120. The molecule has 0 unspecified atom stereocenters. The number of rotatable bonds is 6. The molecular formula is C46H76O2S. The van der Waals surface area contributed by atoms with Crippen molar-refractivity contribution in [2.75, 3.05) is 0 Å². The van der Waals surface area contributed by atoms with Gasteiger partial charge in [-0.05, 0) is 94.9 Å². The van der Waals surface area contributed by atoms with E-state index in [0.717, 1.165) is 29.9 Å². The molecule has 2 nitrogen and oxygen atoms in total. The summed E-state index contributed by atoms with van der Waals surface area (Å²) in [7, 11) is 0. The minimum absolute atomic E-state index is 0.120. The second-order valence-corrected chi connectivity index (χ2v) is 18.3. The molecule has 278 valence electrons. The van der Waals surface area contributed by atoms with Crippen LogP contribution in [0.4, 0.5) is 0 Å². The molecule has 0 atom stereocenters. The van der Waals surface area contributed by atoms with Crippen molar-refractivity contribution >= 4 is 12.6 Å². The van der Waals surface area contributed by atoms with Gasteiger partial charge in [-0.2, -0.15) is 12.6 Å². The lowest BCUT2D eigenvalue weighted by Gasteiger charge is -2.27. The highest BCUT2D eigenvalue weighted by Gasteiger charge is 2.25. The van der Waals surface area contributed by atoms with Gasteiger partial charge >= 0.3 is 0 Å². The Hall–Kier alpha value is -1.61. The largest absolute Gasteiger partial charge is 0.507 e. The normalized spacial score (nSPS) is 18.8. The van der Waals surface area contributed by atoms with E-state index in [-0.39, 0.29) is 10.8 Å². The van der Waals surface area contributed by atoms with E-state index >= 15 is 0 Å². The van der Waals surface area contributed by atoms with Crippen LogP contribution >= 0.6 is 12.6 Å². The molecule has 3 aliphatic carbocycles. The first-order valence-electron chi connectivity index (χ1n) is 20.6. The first-order chi connectivity index (χ1) is 23.3. The van der Waals surface area contributed by atoms with Gasteiger partial charge in [0.25, 0.3) is 0 Å². The molecule has 0 spiro atoms. The number of benzene rings is 2. The number of phenolic OH excluding ortho intramolecular Hbond substituents is 2. The van der Waals surface area contributed by atoms with Crippen LogP contribution in [-0.4, -0.2) is 10.2 Å². The van der Waals surface area contributed by atoms with Gasteiger partial charge in [0, 0.05) is 11.3 Å². The van der Waals surface area contributed by atoms with E-state index in [9.17, 15) is 10.2 Å². The maximum Gasteiger partial charge on any atom is 0.123 e. The number of unbranched alkanes of at least 4 members (excludes halogenated alkanes) is 1. The van der Waals surface area contributed by atoms with Gasteiger partial charge in [-0.25, -0.2) is 0 Å². The van der Waals surface area contributed by atoms with E-state index in [1.54, 1.807) is 0 Å². The van der Waals surface area contributed by atoms with Crippen LogP contribution < -0.4 is 0 Å². The molecule has 0 bridgehead atoms. The first kappa shape index (κ1) is 41.8. The molecule has 0 aliphatic heterocycles. The van der Waals surface area contributed by atoms with Gasteiger partial charge in [-0.1, -0.05) is 170 Å². The van der Waals surface area contributed by atoms with Crippen LogP contribution in [0.15, 0.2) is 24.3 Å². The van der Waals surface area contributed by atoms with Crippen molar-refractivity contribution in [1.82, 2.24) is 0 Å². The molecule has 2 aromatic rings. The topological polar surface area (TPSA) is 40.5 Å². The highest BCUT2D eigenvalue weighted by molar-refractivity contribution is 7.79. The van der Waals surface area contributed by atoms with E-state index in [0.29, 0.717) is 29.1 Å². The lowest BCUT2D eigenvalue weighted by atomic mass is 9.78. The van der Waals surface area contributed by atoms with Crippen molar-refractivity contribution < 1.29 is 10.2 Å². The zero-order valence-electron chi connectivity index (χ0n) is 33.2. The van der Waals surface area contributed by atoms with E-state index in [4.69, 9.17) is 0 Å². The van der Waals surface area contributed by atoms with E-state index < -0.39 is 0 Å². The van der Waals surface area contributed by atoms with E-state index in [2.05, 4.69) is 92.3 Å². The van der Waals surface area contributed by atoms with Gasteiger partial charge in [0.2, 0.25) is 0 Å². The van der Waals surface area contributed by atoms with Crippen LogP contribution in [0, 0.1) is 5.92 Å². The third kappa shape index (κ3) is 13.5. The Morgan fingerprint density at radius 3 is 1.35 bits per heavy atom. The number of thiol groups is 1. The molecule has 0 radical (unpaired) electrons. The molecule has 5 rings (SSSR count). The van der Waals surface area contributed by atoms with Crippen LogP contribution in [0.25, 0.3) is 0 Å². The average Bonchev–Trinajstić information content (AvgIpc) is 3.06. The quantitative estimate of drug-likeness (QED) is 0.264. The molecule has 0 amide bonds.